The van der Waals surface area contributed by atoms with Crippen LogP contribution in [0, 0.1) is 0 Å². The molecule has 1 heterocycles. The molecule has 3 rings (SSSR count). The summed E-state index contributed by atoms with van der Waals surface area (Å²) in [5.41, 5.74) is 1.05. The van der Waals surface area contributed by atoms with Gasteiger partial charge in [0, 0.05) is 18.1 Å². The highest BCUT2D eigenvalue weighted by Crippen LogP contribution is 2.26. The van der Waals surface area contributed by atoms with Crippen LogP contribution >= 0.6 is 11.6 Å². The zero-order chi connectivity index (χ0) is 21.0. The van der Waals surface area contributed by atoms with Crippen LogP contribution in [-0.4, -0.2) is 68.1 Å². The second-order valence-electron chi connectivity index (χ2n) is 7.08. The van der Waals surface area contributed by atoms with E-state index in [2.05, 4.69) is 4.72 Å². The molecule has 29 heavy (non-hydrogen) atoms. The molecule has 0 aliphatic carbocycles. The van der Waals surface area contributed by atoms with Crippen molar-refractivity contribution in [3.05, 3.63) is 65.2 Å². The van der Waals surface area contributed by atoms with Gasteiger partial charge in [0.05, 0.1) is 23.6 Å². The summed E-state index contributed by atoms with van der Waals surface area (Å²) < 4.78 is 33.4. The quantitative estimate of drug-likeness (QED) is 0.571. The molecular weight excluding hydrogens is 416 g/mol. The minimum Gasteiger partial charge on any atom is -0.394 e. The van der Waals surface area contributed by atoms with Crippen molar-refractivity contribution < 1.29 is 23.4 Å². The lowest BCUT2D eigenvalue weighted by atomic mass is 10.0. The number of rotatable bonds is 8. The van der Waals surface area contributed by atoms with E-state index in [1.165, 1.54) is 24.3 Å². The Morgan fingerprint density at radius 2 is 1.76 bits per heavy atom. The number of aliphatic hydroxyl groups is 2. The first-order valence-electron chi connectivity index (χ1n) is 9.25. The van der Waals surface area contributed by atoms with Crippen LogP contribution in [0.5, 0.6) is 0 Å². The molecule has 0 bridgehead atoms. The summed E-state index contributed by atoms with van der Waals surface area (Å²) in [6.45, 7) is 0.157. The molecule has 1 fully saturated rings. The molecule has 1 aliphatic rings. The highest BCUT2D eigenvalue weighted by atomic mass is 35.5. The van der Waals surface area contributed by atoms with Crippen molar-refractivity contribution in [1.82, 2.24) is 9.62 Å². The van der Waals surface area contributed by atoms with E-state index < -0.39 is 34.4 Å². The van der Waals surface area contributed by atoms with E-state index in [1.54, 1.807) is 0 Å². The van der Waals surface area contributed by atoms with Crippen molar-refractivity contribution >= 4 is 21.6 Å². The molecule has 4 unspecified atom stereocenters. The van der Waals surface area contributed by atoms with Gasteiger partial charge in [-0.2, -0.15) is 0 Å². The predicted octanol–water partition coefficient (Wildman–Crippen LogP) is 1.24. The lowest BCUT2D eigenvalue weighted by Crippen LogP contribution is -2.49. The highest BCUT2D eigenvalue weighted by molar-refractivity contribution is 7.89. The standard InChI is InChI=1S/C20H25ClN2O5S/c1-23(12-14-5-3-2-4-6-14)19-17(28-18(13-24)20(19)25)11-22-29(26,27)16-9-7-15(21)8-10-16/h2-10,17-20,22,24-25H,11-13H2,1H3. The van der Waals surface area contributed by atoms with Crippen molar-refractivity contribution in [2.45, 2.75) is 35.8 Å². The Bertz CT molecular complexity index is 895. The molecule has 0 amide bonds. The van der Waals surface area contributed by atoms with Gasteiger partial charge in [-0.25, -0.2) is 13.1 Å². The van der Waals surface area contributed by atoms with Crippen molar-refractivity contribution in [3.63, 3.8) is 0 Å². The van der Waals surface area contributed by atoms with Crippen molar-refractivity contribution in [2.75, 3.05) is 20.2 Å². The minimum atomic E-state index is -3.77. The van der Waals surface area contributed by atoms with Gasteiger partial charge in [-0.1, -0.05) is 41.9 Å². The highest BCUT2D eigenvalue weighted by Gasteiger charge is 2.45. The van der Waals surface area contributed by atoms with Gasteiger partial charge < -0.3 is 14.9 Å². The number of sulfonamides is 1. The number of likely N-dealkylation sites (N-methyl/N-ethyl adjacent to an activating group) is 1. The Morgan fingerprint density at radius 1 is 1.10 bits per heavy atom. The SMILES string of the molecule is CN(Cc1ccccc1)C1C(CNS(=O)(=O)c2ccc(Cl)cc2)OC(CO)C1O. The van der Waals surface area contributed by atoms with E-state index in [0.717, 1.165) is 5.56 Å². The molecule has 0 spiro atoms. The summed E-state index contributed by atoms with van der Waals surface area (Å²) in [6.07, 6.45) is -2.35. The van der Waals surface area contributed by atoms with E-state index in [9.17, 15) is 18.6 Å². The summed E-state index contributed by atoms with van der Waals surface area (Å²) in [7, 11) is -1.93. The van der Waals surface area contributed by atoms with Crippen LogP contribution in [0.1, 0.15) is 5.56 Å². The first-order valence-corrected chi connectivity index (χ1v) is 11.1. The summed E-state index contributed by atoms with van der Waals surface area (Å²) in [5.74, 6) is 0. The monoisotopic (exact) mass is 440 g/mol. The fourth-order valence-electron chi connectivity index (χ4n) is 3.56. The summed E-state index contributed by atoms with van der Waals surface area (Å²) in [5, 5.41) is 20.6. The number of halogens is 1. The lowest BCUT2D eigenvalue weighted by Gasteiger charge is -2.30. The molecule has 1 saturated heterocycles. The molecule has 0 radical (unpaired) electrons. The molecule has 3 N–H and O–H groups in total. The van der Waals surface area contributed by atoms with Crippen LogP contribution in [0.15, 0.2) is 59.5 Å². The van der Waals surface area contributed by atoms with Crippen LogP contribution in [0.2, 0.25) is 5.02 Å². The zero-order valence-corrected chi connectivity index (χ0v) is 17.6. The predicted molar refractivity (Wildman–Crippen MR) is 110 cm³/mol. The van der Waals surface area contributed by atoms with E-state index >= 15 is 0 Å². The van der Waals surface area contributed by atoms with Crippen LogP contribution in [0.25, 0.3) is 0 Å². The Hall–Kier alpha value is -1.52. The van der Waals surface area contributed by atoms with Gasteiger partial charge >= 0.3 is 0 Å². The molecule has 9 heteroatoms. The van der Waals surface area contributed by atoms with Gasteiger partial charge in [-0.3, -0.25) is 4.90 Å². The fourth-order valence-corrected chi connectivity index (χ4v) is 4.73. The molecule has 1 aliphatic heterocycles. The second kappa shape index (κ2) is 9.53. The first kappa shape index (κ1) is 22.2. The molecule has 7 nitrogen and oxygen atoms in total. The van der Waals surface area contributed by atoms with E-state index in [4.69, 9.17) is 16.3 Å². The van der Waals surface area contributed by atoms with Crippen LogP contribution in [0.3, 0.4) is 0 Å². The van der Waals surface area contributed by atoms with Gasteiger partial charge in [0.2, 0.25) is 10.0 Å². The van der Waals surface area contributed by atoms with Gasteiger partial charge in [-0.15, -0.1) is 0 Å². The van der Waals surface area contributed by atoms with E-state index in [-0.39, 0.29) is 18.0 Å². The van der Waals surface area contributed by atoms with Crippen molar-refractivity contribution in [2.24, 2.45) is 0 Å². The third-order valence-corrected chi connectivity index (χ3v) is 6.71. The zero-order valence-electron chi connectivity index (χ0n) is 16.0. The molecule has 4 atom stereocenters. The largest absolute Gasteiger partial charge is 0.394 e. The van der Waals surface area contributed by atoms with Gasteiger partial charge in [0.1, 0.15) is 12.2 Å². The minimum absolute atomic E-state index is 0.0394. The number of aliphatic hydroxyl groups excluding tert-OH is 2. The number of ether oxygens (including phenoxy) is 1. The van der Waals surface area contributed by atoms with Gasteiger partial charge in [0.15, 0.2) is 0 Å². The Morgan fingerprint density at radius 3 is 2.38 bits per heavy atom. The van der Waals surface area contributed by atoms with Gasteiger partial charge in [0.25, 0.3) is 0 Å². The normalized spacial score (nSPS) is 24.9. The average Bonchev–Trinajstić information content (AvgIpc) is 3.03. The number of nitrogens with zero attached hydrogens (tertiary/aromatic N) is 1. The lowest BCUT2D eigenvalue weighted by molar-refractivity contribution is -0.0201. The van der Waals surface area contributed by atoms with Crippen molar-refractivity contribution in [1.29, 1.82) is 0 Å². The third kappa shape index (κ3) is 5.35. The smallest absolute Gasteiger partial charge is 0.240 e. The van der Waals surface area contributed by atoms with Gasteiger partial charge in [-0.05, 0) is 36.9 Å². The Balaban J connectivity index is 1.72. The Labute approximate surface area is 175 Å². The number of hydrogen-bond donors (Lipinski definition) is 3. The summed E-state index contributed by atoms with van der Waals surface area (Å²) in [4.78, 5) is 2.00. The maximum atomic E-state index is 12.6. The van der Waals surface area contributed by atoms with Crippen LogP contribution < -0.4 is 4.72 Å². The van der Waals surface area contributed by atoms with Crippen LogP contribution in [0.4, 0.5) is 0 Å². The molecule has 0 saturated carbocycles. The first-order chi connectivity index (χ1) is 13.8. The van der Waals surface area contributed by atoms with Crippen LogP contribution in [-0.2, 0) is 21.3 Å². The number of nitrogens with one attached hydrogen (secondary N) is 1. The number of benzene rings is 2. The molecule has 158 valence electrons. The Kier molecular flexibility index (Phi) is 7.28. The molecule has 2 aromatic rings. The molecule has 0 aromatic heterocycles. The molecule has 2 aromatic carbocycles. The summed E-state index contributed by atoms with van der Waals surface area (Å²) >= 11 is 5.82. The summed E-state index contributed by atoms with van der Waals surface area (Å²) in [6, 6.07) is 15.1. The average molecular weight is 441 g/mol. The fraction of sp³-hybridized carbons (Fsp3) is 0.400. The third-order valence-electron chi connectivity index (χ3n) is 5.02. The van der Waals surface area contributed by atoms with E-state index in [0.29, 0.717) is 11.6 Å². The van der Waals surface area contributed by atoms with E-state index in [1.807, 2.05) is 42.3 Å². The topological polar surface area (TPSA) is 99.1 Å². The maximum Gasteiger partial charge on any atom is 0.240 e. The maximum absolute atomic E-state index is 12.6. The number of hydrogen-bond acceptors (Lipinski definition) is 6. The molecular formula is C20H25ClN2O5S. The second-order valence-corrected chi connectivity index (χ2v) is 9.29. The van der Waals surface area contributed by atoms with Crippen molar-refractivity contribution in [3.8, 4) is 0 Å².